The molecule has 2 N–H and O–H groups in total. The predicted molar refractivity (Wildman–Crippen MR) is 76.9 cm³/mol. The minimum atomic E-state index is -0.754. The molecule has 1 aromatic rings. The highest BCUT2D eigenvalue weighted by Crippen LogP contribution is 2.25. The van der Waals surface area contributed by atoms with Crippen molar-refractivity contribution in [3.8, 4) is 0 Å². The second-order valence-corrected chi connectivity index (χ2v) is 5.21. The molecule has 0 bridgehead atoms. The molecular weight excluding hydrogens is 256 g/mol. The summed E-state index contributed by atoms with van der Waals surface area (Å²) in [4.78, 5) is 24.8. The summed E-state index contributed by atoms with van der Waals surface area (Å²) in [5.74, 6) is -0.551. The van der Waals surface area contributed by atoms with Gasteiger partial charge in [0.25, 0.3) is 11.8 Å². The highest BCUT2D eigenvalue weighted by atomic mass is 16.3. The van der Waals surface area contributed by atoms with E-state index < -0.39 is 5.60 Å². The minimum Gasteiger partial charge on any atom is -0.388 e. The van der Waals surface area contributed by atoms with Gasteiger partial charge < -0.3 is 10.4 Å². The zero-order valence-corrected chi connectivity index (χ0v) is 12.1. The lowest BCUT2D eigenvalue weighted by atomic mass is 9.97. The first kappa shape index (κ1) is 14.5. The Morgan fingerprint density at radius 1 is 1.15 bits per heavy atom. The summed E-state index contributed by atoms with van der Waals surface area (Å²) in [6, 6.07) is 5.08. The second-order valence-electron chi connectivity index (χ2n) is 5.21. The summed E-state index contributed by atoms with van der Waals surface area (Å²) in [6.45, 7) is 4.28. The fourth-order valence-corrected chi connectivity index (χ4v) is 2.24. The van der Waals surface area contributed by atoms with Crippen LogP contribution in [0.4, 0.5) is 5.69 Å². The van der Waals surface area contributed by atoms with E-state index in [9.17, 15) is 14.7 Å². The number of benzene rings is 1. The van der Waals surface area contributed by atoms with Gasteiger partial charge in [-0.15, -0.1) is 0 Å². The third-order valence-corrected chi connectivity index (χ3v) is 4.03. The largest absolute Gasteiger partial charge is 0.388 e. The predicted octanol–water partition coefficient (Wildman–Crippen LogP) is 1.88. The van der Waals surface area contributed by atoms with Gasteiger partial charge >= 0.3 is 0 Å². The number of amides is 2. The highest BCUT2D eigenvalue weighted by Gasteiger charge is 2.32. The molecule has 5 nitrogen and oxygen atoms in total. The molecule has 5 heteroatoms. The van der Waals surface area contributed by atoms with Crippen molar-refractivity contribution in [1.29, 1.82) is 0 Å². The minimum absolute atomic E-state index is 0.268. The molecule has 0 atom stereocenters. The van der Waals surface area contributed by atoms with Crippen LogP contribution < -0.4 is 5.32 Å². The van der Waals surface area contributed by atoms with Gasteiger partial charge in [-0.25, -0.2) is 0 Å². The topological polar surface area (TPSA) is 69.6 Å². The Morgan fingerprint density at radius 2 is 1.75 bits per heavy atom. The number of hydrogen-bond donors (Lipinski definition) is 2. The van der Waals surface area contributed by atoms with Crippen LogP contribution in [0.5, 0.6) is 0 Å². The molecule has 0 saturated carbocycles. The molecule has 20 heavy (non-hydrogen) atoms. The van der Waals surface area contributed by atoms with Crippen molar-refractivity contribution in [2.75, 3.05) is 18.9 Å². The average molecular weight is 276 g/mol. The van der Waals surface area contributed by atoms with Gasteiger partial charge in [0.05, 0.1) is 16.7 Å². The lowest BCUT2D eigenvalue weighted by Gasteiger charge is -2.26. The zero-order chi connectivity index (χ0) is 14.9. The maximum absolute atomic E-state index is 11.9. The fourth-order valence-electron chi connectivity index (χ4n) is 2.24. The van der Waals surface area contributed by atoms with Crippen molar-refractivity contribution in [3.05, 3.63) is 29.3 Å². The summed E-state index contributed by atoms with van der Waals surface area (Å²) in [7, 11) is 1.48. The molecule has 2 amide bonds. The number of carbonyl (C=O) groups excluding carboxylic acids is 2. The third-order valence-electron chi connectivity index (χ3n) is 4.03. The molecular formula is C15H20N2O3. The van der Waals surface area contributed by atoms with E-state index in [0.717, 1.165) is 10.6 Å². The Balaban J connectivity index is 2.18. The molecule has 0 radical (unpaired) electrons. The van der Waals surface area contributed by atoms with Crippen molar-refractivity contribution >= 4 is 17.5 Å². The molecule has 0 saturated heterocycles. The van der Waals surface area contributed by atoms with Crippen LogP contribution in [0.2, 0.25) is 0 Å². The smallest absolute Gasteiger partial charge is 0.261 e. The van der Waals surface area contributed by atoms with E-state index in [-0.39, 0.29) is 11.8 Å². The van der Waals surface area contributed by atoms with Crippen LogP contribution in [-0.2, 0) is 0 Å². The number of nitrogens with one attached hydrogen (secondary N) is 1. The van der Waals surface area contributed by atoms with E-state index in [1.54, 1.807) is 18.2 Å². The Kier molecular flexibility index (Phi) is 3.81. The standard InChI is InChI=1S/C15H20N2O3/c1-4-15(20,5-2)9-16-10-6-7-11-12(8-10)14(19)17(3)13(11)18/h6-8,16,20H,4-5,9H2,1-3H3. The monoisotopic (exact) mass is 276 g/mol. The van der Waals surface area contributed by atoms with Crippen molar-refractivity contribution in [2.24, 2.45) is 0 Å². The third kappa shape index (κ3) is 2.41. The molecule has 0 fully saturated rings. The Hall–Kier alpha value is -1.88. The van der Waals surface area contributed by atoms with E-state index in [0.29, 0.717) is 30.5 Å². The van der Waals surface area contributed by atoms with Gasteiger partial charge in [0.15, 0.2) is 0 Å². The number of hydrogen-bond acceptors (Lipinski definition) is 4. The maximum atomic E-state index is 11.9. The lowest BCUT2D eigenvalue weighted by molar-refractivity contribution is 0.0457. The number of anilines is 1. The molecule has 1 heterocycles. The van der Waals surface area contributed by atoms with E-state index >= 15 is 0 Å². The number of fused-ring (bicyclic) bond motifs is 1. The summed E-state index contributed by atoms with van der Waals surface area (Å²) in [5.41, 5.74) is 0.833. The average Bonchev–Trinajstić information content (AvgIpc) is 2.69. The molecule has 1 aliphatic heterocycles. The lowest BCUT2D eigenvalue weighted by Crippen LogP contribution is -2.35. The first-order valence-corrected chi connectivity index (χ1v) is 6.84. The quantitative estimate of drug-likeness (QED) is 0.806. The molecule has 0 spiro atoms. The van der Waals surface area contributed by atoms with Gasteiger partial charge in [0.2, 0.25) is 0 Å². The van der Waals surface area contributed by atoms with Crippen LogP contribution in [0.1, 0.15) is 47.4 Å². The molecule has 1 aliphatic rings. The van der Waals surface area contributed by atoms with E-state index in [1.807, 2.05) is 13.8 Å². The maximum Gasteiger partial charge on any atom is 0.261 e. The summed E-state index contributed by atoms with van der Waals surface area (Å²) in [6.07, 6.45) is 1.31. The molecule has 0 aliphatic carbocycles. The number of rotatable bonds is 5. The van der Waals surface area contributed by atoms with Crippen LogP contribution in [0.15, 0.2) is 18.2 Å². The van der Waals surface area contributed by atoms with Gasteiger partial charge in [0, 0.05) is 19.3 Å². The van der Waals surface area contributed by atoms with Crippen molar-refractivity contribution in [3.63, 3.8) is 0 Å². The van der Waals surface area contributed by atoms with Crippen LogP contribution in [0.3, 0.4) is 0 Å². The Morgan fingerprint density at radius 3 is 2.35 bits per heavy atom. The molecule has 108 valence electrons. The van der Waals surface area contributed by atoms with E-state index in [4.69, 9.17) is 0 Å². The first-order chi connectivity index (χ1) is 9.41. The highest BCUT2D eigenvalue weighted by molar-refractivity contribution is 6.21. The first-order valence-electron chi connectivity index (χ1n) is 6.84. The number of carbonyl (C=O) groups is 2. The number of aliphatic hydroxyl groups is 1. The van der Waals surface area contributed by atoms with Gasteiger partial charge in [-0.2, -0.15) is 0 Å². The zero-order valence-electron chi connectivity index (χ0n) is 12.1. The van der Waals surface area contributed by atoms with Crippen LogP contribution >= 0.6 is 0 Å². The summed E-state index contributed by atoms with van der Waals surface area (Å²) >= 11 is 0. The van der Waals surface area contributed by atoms with Crippen molar-refractivity contribution < 1.29 is 14.7 Å². The van der Waals surface area contributed by atoms with Crippen LogP contribution in [0.25, 0.3) is 0 Å². The van der Waals surface area contributed by atoms with Gasteiger partial charge in [-0.1, -0.05) is 13.8 Å². The summed E-state index contributed by atoms with van der Waals surface area (Å²) < 4.78 is 0. The number of imide groups is 1. The van der Waals surface area contributed by atoms with Crippen molar-refractivity contribution in [1.82, 2.24) is 4.90 Å². The molecule has 0 aromatic heterocycles. The number of nitrogens with zero attached hydrogens (tertiary/aromatic N) is 1. The molecule has 1 aromatic carbocycles. The molecule has 0 unspecified atom stereocenters. The molecule has 2 rings (SSSR count). The van der Waals surface area contributed by atoms with Gasteiger partial charge in [-0.3, -0.25) is 14.5 Å². The van der Waals surface area contributed by atoms with Crippen molar-refractivity contribution in [2.45, 2.75) is 32.3 Å². The summed E-state index contributed by atoms with van der Waals surface area (Å²) in [5, 5.41) is 13.4. The van der Waals surface area contributed by atoms with E-state index in [1.165, 1.54) is 7.05 Å². The van der Waals surface area contributed by atoms with Crippen LogP contribution in [-0.4, -0.2) is 41.0 Å². The fraction of sp³-hybridized carbons (Fsp3) is 0.467. The second kappa shape index (κ2) is 5.25. The van der Waals surface area contributed by atoms with E-state index in [2.05, 4.69) is 5.32 Å². The normalized spacial score (nSPS) is 14.7. The van der Waals surface area contributed by atoms with Crippen LogP contribution in [0, 0.1) is 0 Å². The Bertz CT molecular complexity index is 550. The van der Waals surface area contributed by atoms with Gasteiger partial charge in [-0.05, 0) is 31.0 Å². The van der Waals surface area contributed by atoms with Gasteiger partial charge in [0.1, 0.15) is 0 Å². The SMILES string of the molecule is CCC(O)(CC)CNc1ccc2c(c1)C(=O)N(C)C2=O. The Labute approximate surface area is 118 Å².